The van der Waals surface area contributed by atoms with Crippen molar-refractivity contribution < 1.29 is 9.53 Å². The fourth-order valence-corrected chi connectivity index (χ4v) is 5.70. The highest BCUT2D eigenvalue weighted by molar-refractivity contribution is 5.79. The van der Waals surface area contributed by atoms with Crippen molar-refractivity contribution in [2.45, 2.75) is 82.6 Å². The lowest BCUT2D eigenvalue weighted by Crippen LogP contribution is -2.41. The number of ether oxygens (including phenoxy) is 1. The molecule has 0 aliphatic heterocycles. The van der Waals surface area contributed by atoms with Crippen LogP contribution in [0.3, 0.4) is 0 Å². The van der Waals surface area contributed by atoms with E-state index in [0.29, 0.717) is 23.8 Å². The van der Waals surface area contributed by atoms with E-state index in [1.165, 1.54) is 63.4 Å². The molecule has 0 spiro atoms. The third-order valence-electron chi connectivity index (χ3n) is 7.77. The van der Waals surface area contributed by atoms with Crippen LogP contribution in [-0.2, 0) is 4.79 Å². The van der Waals surface area contributed by atoms with E-state index >= 15 is 0 Å². The van der Waals surface area contributed by atoms with Crippen molar-refractivity contribution in [3.8, 4) is 5.75 Å². The van der Waals surface area contributed by atoms with Gasteiger partial charge in [0.05, 0.1) is 7.11 Å². The Bertz CT molecular complexity index is 677. The van der Waals surface area contributed by atoms with Gasteiger partial charge in [-0.2, -0.15) is 0 Å². The Hall–Kier alpha value is -1.55. The van der Waals surface area contributed by atoms with Gasteiger partial charge in [0.2, 0.25) is 5.91 Å². The van der Waals surface area contributed by atoms with E-state index in [9.17, 15) is 4.79 Å². The molecule has 1 aromatic carbocycles. The van der Waals surface area contributed by atoms with Crippen LogP contribution in [0.4, 0.5) is 0 Å². The van der Waals surface area contributed by atoms with E-state index in [1.807, 2.05) is 6.07 Å². The Kier molecular flexibility index (Phi) is 7.70. The van der Waals surface area contributed by atoms with Crippen LogP contribution in [0.2, 0.25) is 0 Å². The maximum absolute atomic E-state index is 12.5. The lowest BCUT2D eigenvalue weighted by Gasteiger charge is -2.31. The largest absolute Gasteiger partial charge is 0.496 e. The van der Waals surface area contributed by atoms with Crippen LogP contribution in [0.25, 0.3) is 0 Å². The molecule has 30 heavy (non-hydrogen) atoms. The van der Waals surface area contributed by atoms with Gasteiger partial charge in [-0.1, -0.05) is 37.5 Å². The summed E-state index contributed by atoms with van der Waals surface area (Å²) in [4.78, 5) is 12.5. The van der Waals surface area contributed by atoms with Crippen LogP contribution in [0.5, 0.6) is 5.75 Å². The Morgan fingerprint density at radius 1 is 1.03 bits per heavy atom. The number of benzene rings is 1. The molecule has 1 amide bonds. The summed E-state index contributed by atoms with van der Waals surface area (Å²) < 4.78 is 5.52. The number of para-hydroxylation sites is 1. The molecule has 3 saturated carbocycles. The van der Waals surface area contributed by atoms with Gasteiger partial charge in [0.25, 0.3) is 0 Å². The highest BCUT2D eigenvalue weighted by Gasteiger charge is 2.39. The molecule has 4 heteroatoms. The first-order chi connectivity index (χ1) is 14.7. The quantitative estimate of drug-likeness (QED) is 0.559. The second-order valence-electron chi connectivity index (χ2n) is 9.90. The van der Waals surface area contributed by atoms with E-state index in [1.54, 1.807) is 7.11 Å². The summed E-state index contributed by atoms with van der Waals surface area (Å²) >= 11 is 0. The first-order valence-electron chi connectivity index (χ1n) is 12.4. The van der Waals surface area contributed by atoms with Crippen LogP contribution in [0.1, 0.15) is 82.1 Å². The van der Waals surface area contributed by atoms with E-state index in [4.69, 9.17) is 4.74 Å². The highest BCUT2D eigenvalue weighted by Crippen LogP contribution is 2.49. The lowest BCUT2D eigenvalue weighted by molar-refractivity contribution is -0.126. The van der Waals surface area contributed by atoms with Crippen LogP contribution in [0.15, 0.2) is 24.3 Å². The average molecular weight is 413 g/mol. The van der Waals surface area contributed by atoms with Crippen molar-refractivity contribution in [2.24, 2.45) is 17.8 Å². The number of methoxy groups -OCH3 is 1. The second kappa shape index (κ2) is 10.7. The molecule has 3 fully saturated rings. The van der Waals surface area contributed by atoms with Crippen molar-refractivity contribution in [3.63, 3.8) is 0 Å². The Morgan fingerprint density at radius 3 is 2.57 bits per heavy atom. The zero-order valence-electron chi connectivity index (χ0n) is 18.7. The Morgan fingerprint density at radius 2 is 1.80 bits per heavy atom. The summed E-state index contributed by atoms with van der Waals surface area (Å²) in [6.07, 6.45) is 13.4. The molecule has 4 nitrogen and oxygen atoms in total. The van der Waals surface area contributed by atoms with Crippen molar-refractivity contribution in [1.82, 2.24) is 10.6 Å². The van der Waals surface area contributed by atoms with Gasteiger partial charge in [-0.05, 0) is 93.8 Å². The fourth-order valence-electron chi connectivity index (χ4n) is 5.70. The predicted molar refractivity (Wildman–Crippen MR) is 122 cm³/mol. The fraction of sp³-hybridized carbons (Fsp3) is 0.731. The van der Waals surface area contributed by atoms with Gasteiger partial charge in [-0.15, -0.1) is 0 Å². The van der Waals surface area contributed by atoms with E-state index < -0.39 is 0 Å². The number of carbonyl (C=O) groups excluding carboxylic acids is 1. The van der Waals surface area contributed by atoms with E-state index in [0.717, 1.165) is 43.5 Å². The summed E-state index contributed by atoms with van der Waals surface area (Å²) in [6, 6.07) is 8.89. The number of rotatable bonds is 9. The van der Waals surface area contributed by atoms with Gasteiger partial charge >= 0.3 is 0 Å². The predicted octanol–water partition coefficient (Wildman–Crippen LogP) is 5.03. The summed E-state index contributed by atoms with van der Waals surface area (Å²) in [5.41, 5.74) is 1.38. The summed E-state index contributed by atoms with van der Waals surface area (Å²) in [5, 5.41) is 7.07. The highest BCUT2D eigenvalue weighted by atomic mass is 16.5. The molecule has 0 bridgehead atoms. The standard InChI is InChI=1S/C26H40N2O2/c1-30-25-10-6-5-9-23(25)24-17-21(24)18-27-16-15-19-11-13-22(14-12-19)28-26(29)20-7-3-2-4-8-20/h5-6,9-10,19-22,24,27H,2-4,7-8,11-18H2,1H3,(H,28,29)/t19-,21-,22-,24+/m0/s1. The number of hydrogen-bond donors (Lipinski definition) is 2. The van der Waals surface area contributed by atoms with Gasteiger partial charge in [0.15, 0.2) is 0 Å². The second-order valence-corrected chi connectivity index (χ2v) is 9.90. The summed E-state index contributed by atoms with van der Waals surface area (Å²) in [5.74, 6) is 3.92. The number of carbonyl (C=O) groups is 1. The molecule has 4 rings (SSSR count). The molecule has 0 saturated heterocycles. The Balaban J connectivity index is 1.08. The van der Waals surface area contributed by atoms with Crippen LogP contribution in [0, 0.1) is 17.8 Å². The van der Waals surface area contributed by atoms with Gasteiger partial charge in [0, 0.05) is 12.0 Å². The monoisotopic (exact) mass is 412 g/mol. The van der Waals surface area contributed by atoms with Gasteiger partial charge < -0.3 is 15.4 Å². The molecule has 0 unspecified atom stereocenters. The van der Waals surface area contributed by atoms with Gasteiger partial charge in [0.1, 0.15) is 5.75 Å². The smallest absolute Gasteiger partial charge is 0.223 e. The van der Waals surface area contributed by atoms with E-state index in [2.05, 4.69) is 28.8 Å². The molecule has 2 N–H and O–H groups in total. The molecule has 0 aromatic heterocycles. The van der Waals surface area contributed by atoms with E-state index in [-0.39, 0.29) is 0 Å². The minimum absolute atomic E-state index is 0.294. The maximum atomic E-state index is 12.5. The SMILES string of the molecule is COc1ccccc1[C@@H]1C[C@H]1CNCC[C@H]1CC[C@H](NC(=O)C2CCCCC2)CC1. The normalized spacial score (nSPS) is 29.4. The molecule has 0 radical (unpaired) electrons. The minimum atomic E-state index is 0.294. The first kappa shape index (κ1) is 21.7. The lowest BCUT2D eigenvalue weighted by atomic mass is 9.83. The molecule has 166 valence electrons. The molecule has 3 aliphatic carbocycles. The van der Waals surface area contributed by atoms with Gasteiger partial charge in [-0.3, -0.25) is 4.79 Å². The third kappa shape index (κ3) is 5.78. The molecular formula is C26H40N2O2. The molecular weight excluding hydrogens is 372 g/mol. The topological polar surface area (TPSA) is 50.4 Å². The van der Waals surface area contributed by atoms with Crippen LogP contribution < -0.4 is 15.4 Å². The van der Waals surface area contributed by atoms with Crippen LogP contribution in [-0.4, -0.2) is 32.1 Å². The Labute approximate surface area is 182 Å². The zero-order valence-corrected chi connectivity index (χ0v) is 18.7. The molecule has 0 heterocycles. The maximum Gasteiger partial charge on any atom is 0.223 e. The summed E-state index contributed by atoms with van der Waals surface area (Å²) in [7, 11) is 1.77. The van der Waals surface area contributed by atoms with Crippen molar-refractivity contribution in [2.75, 3.05) is 20.2 Å². The van der Waals surface area contributed by atoms with Crippen molar-refractivity contribution >= 4 is 5.91 Å². The average Bonchev–Trinajstić information content (AvgIpc) is 3.57. The number of amides is 1. The van der Waals surface area contributed by atoms with Crippen molar-refractivity contribution in [1.29, 1.82) is 0 Å². The third-order valence-corrected chi connectivity index (χ3v) is 7.77. The first-order valence-corrected chi connectivity index (χ1v) is 12.4. The number of hydrogen-bond acceptors (Lipinski definition) is 3. The van der Waals surface area contributed by atoms with Crippen LogP contribution >= 0.6 is 0 Å². The van der Waals surface area contributed by atoms with Gasteiger partial charge in [-0.25, -0.2) is 0 Å². The molecule has 1 aromatic rings. The minimum Gasteiger partial charge on any atom is -0.496 e. The summed E-state index contributed by atoms with van der Waals surface area (Å²) in [6.45, 7) is 2.24. The zero-order chi connectivity index (χ0) is 20.8. The van der Waals surface area contributed by atoms with Crippen molar-refractivity contribution in [3.05, 3.63) is 29.8 Å². The molecule has 3 aliphatic rings. The number of nitrogens with one attached hydrogen (secondary N) is 2. The molecule has 2 atom stereocenters.